The van der Waals surface area contributed by atoms with Crippen LogP contribution >= 0.6 is 15.9 Å². The maximum atomic E-state index is 3.65. The number of halogens is 1. The van der Waals surface area contributed by atoms with Crippen molar-refractivity contribution < 1.29 is 0 Å². The Morgan fingerprint density at radius 1 is 1.00 bits per heavy atom. The summed E-state index contributed by atoms with van der Waals surface area (Å²) in [6, 6.07) is 7.49. The molecule has 122 valence electrons. The Hall–Kier alpha value is -0.580. The molecule has 2 saturated heterocycles. The third-order valence-corrected chi connectivity index (χ3v) is 5.52. The van der Waals surface area contributed by atoms with Gasteiger partial charge in [-0.05, 0) is 44.4 Å². The van der Waals surface area contributed by atoms with Gasteiger partial charge < -0.3 is 4.90 Å². The maximum Gasteiger partial charge on any atom is 0.0423 e. The molecule has 0 aliphatic carbocycles. The highest BCUT2D eigenvalue weighted by Crippen LogP contribution is 2.29. The van der Waals surface area contributed by atoms with Crippen molar-refractivity contribution >= 4 is 21.6 Å². The van der Waals surface area contributed by atoms with Gasteiger partial charge in [0.15, 0.2) is 0 Å². The topological polar surface area (TPSA) is 9.72 Å². The molecule has 0 atom stereocenters. The highest BCUT2D eigenvalue weighted by Gasteiger charge is 2.21. The van der Waals surface area contributed by atoms with Crippen LogP contribution in [0, 0.1) is 0 Å². The van der Waals surface area contributed by atoms with Crippen molar-refractivity contribution in [3.63, 3.8) is 0 Å². The summed E-state index contributed by atoms with van der Waals surface area (Å²) in [6.45, 7) is 12.9. The van der Waals surface area contributed by atoms with Gasteiger partial charge in [-0.25, -0.2) is 0 Å². The Morgan fingerprint density at radius 3 is 2.32 bits per heavy atom. The fraction of sp³-hybridized carbons (Fsp3) is 0.667. The molecule has 22 heavy (non-hydrogen) atoms. The van der Waals surface area contributed by atoms with Crippen molar-refractivity contribution in [1.82, 2.24) is 9.80 Å². The summed E-state index contributed by atoms with van der Waals surface area (Å²) >= 11 is 3.65. The molecule has 0 saturated carbocycles. The first-order valence-electron chi connectivity index (χ1n) is 8.63. The van der Waals surface area contributed by atoms with E-state index < -0.39 is 0 Å². The van der Waals surface area contributed by atoms with Crippen LogP contribution in [0.5, 0.6) is 0 Å². The average Bonchev–Trinajstić information content (AvgIpc) is 3.04. The van der Waals surface area contributed by atoms with Gasteiger partial charge in [0.1, 0.15) is 0 Å². The highest BCUT2D eigenvalue weighted by molar-refractivity contribution is 9.10. The number of hydrogen-bond acceptors (Lipinski definition) is 3. The van der Waals surface area contributed by atoms with E-state index in [0.29, 0.717) is 6.04 Å². The van der Waals surface area contributed by atoms with Gasteiger partial charge >= 0.3 is 0 Å². The molecular formula is C18H28BrN3. The van der Waals surface area contributed by atoms with Gasteiger partial charge in [0.05, 0.1) is 0 Å². The number of nitrogens with zero attached hydrogens (tertiary/aromatic N) is 3. The fourth-order valence-electron chi connectivity index (χ4n) is 3.60. The summed E-state index contributed by atoms with van der Waals surface area (Å²) in [4.78, 5) is 7.76. The van der Waals surface area contributed by atoms with Crippen molar-refractivity contribution in [2.75, 3.05) is 44.2 Å². The van der Waals surface area contributed by atoms with E-state index >= 15 is 0 Å². The van der Waals surface area contributed by atoms with Crippen LogP contribution in [0.4, 0.5) is 5.69 Å². The van der Waals surface area contributed by atoms with E-state index in [0.717, 1.165) is 6.54 Å². The Morgan fingerprint density at radius 2 is 1.68 bits per heavy atom. The van der Waals surface area contributed by atoms with E-state index in [1.807, 2.05) is 0 Å². The molecule has 2 heterocycles. The van der Waals surface area contributed by atoms with Gasteiger partial charge in [0.2, 0.25) is 0 Å². The Labute approximate surface area is 143 Å². The molecule has 1 aromatic carbocycles. The molecule has 0 unspecified atom stereocenters. The lowest BCUT2D eigenvalue weighted by Crippen LogP contribution is -2.48. The molecular weight excluding hydrogens is 338 g/mol. The molecule has 0 spiro atoms. The number of benzene rings is 1. The summed E-state index contributed by atoms with van der Waals surface area (Å²) < 4.78 is 1.20. The lowest BCUT2D eigenvalue weighted by atomic mass is 10.1. The molecule has 1 aromatic rings. The van der Waals surface area contributed by atoms with E-state index in [2.05, 4.69) is 62.7 Å². The Kier molecular flexibility index (Phi) is 5.42. The van der Waals surface area contributed by atoms with Crippen LogP contribution in [0.2, 0.25) is 0 Å². The van der Waals surface area contributed by atoms with Crippen molar-refractivity contribution in [3.05, 3.63) is 28.2 Å². The first kappa shape index (κ1) is 16.3. The zero-order valence-electron chi connectivity index (χ0n) is 13.9. The normalized spacial score (nSPS) is 21.0. The van der Waals surface area contributed by atoms with E-state index in [1.54, 1.807) is 0 Å². The number of rotatable bonds is 4. The van der Waals surface area contributed by atoms with Crippen LogP contribution in [0.3, 0.4) is 0 Å². The van der Waals surface area contributed by atoms with E-state index in [4.69, 9.17) is 0 Å². The second kappa shape index (κ2) is 7.33. The summed E-state index contributed by atoms with van der Waals surface area (Å²) in [6.07, 6.45) is 2.66. The summed E-state index contributed by atoms with van der Waals surface area (Å²) in [5.74, 6) is 0. The van der Waals surface area contributed by atoms with Crippen molar-refractivity contribution in [2.24, 2.45) is 0 Å². The lowest BCUT2D eigenvalue weighted by molar-refractivity contribution is 0.104. The van der Waals surface area contributed by atoms with E-state index in [9.17, 15) is 0 Å². The van der Waals surface area contributed by atoms with Crippen molar-refractivity contribution in [3.8, 4) is 0 Å². The van der Waals surface area contributed by atoms with Crippen LogP contribution in [0.25, 0.3) is 0 Å². The molecule has 2 aliphatic rings. The standard InChI is InChI=1S/C18H28BrN3/c1-15(2)21-11-9-20(10-12-21)14-16-5-6-17(19)13-18(16)22-7-3-4-8-22/h5-6,13,15H,3-4,7-12,14H2,1-2H3. The average molecular weight is 366 g/mol. The minimum Gasteiger partial charge on any atom is -0.371 e. The van der Waals surface area contributed by atoms with Crippen LogP contribution in [-0.4, -0.2) is 55.1 Å². The lowest BCUT2D eigenvalue weighted by Gasteiger charge is -2.37. The molecule has 0 bridgehead atoms. The predicted octanol–water partition coefficient (Wildman–Crippen LogP) is 3.58. The van der Waals surface area contributed by atoms with E-state index in [-0.39, 0.29) is 0 Å². The second-order valence-electron chi connectivity index (χ2n) is 6.87. The van der Waals surface area contributed by atoms with Crippen LogP contribution < -0.4 is 4.90 Å². The molecule has 0 amide bonds. The molecule has 2 aliphatic heterocycles. The van der Waals surface area contributed by atoms with Gasteiger partial charge in [-0.15, -0.1) is 0 Å². The molecule has 0 N–H and O–H groups in total. The van der Waals surface area contributed by atoms with Crippen LogP contribution in [0.15, 0.2) is 22.7 Å². The largest absolute Gasteiger partial charge is 0.371 e. The minimum atomic E-state index is 0.676. The first-order valence-corrected chi connectivity index (χ1v) is 9.42. The number of anilines is 1. The third-order valence-electron chi connectivity index (χ3n) is 5.03. The highest BCUT2D eigenvalue weighted by atomic mass is 79.9. The summed E-state index contributed by atoms with van der Waals surface area (Å²) in [5, 5.41) is 0. The molecule has 3 rings (SSSR count). The van der Waals surface area contributed by atoms with Crippen molar-refractivity contribution in [1.29, 1.82) is 0 Å². The molecule has 4 heteroatoms. The van der Waals surface area contributed by atoms with E-state index in [1.165, 1.54) is 67.8 Å². The smallest absolute Gasteiger partial charge is 0.0423 e. The van der Waals surface area contributed by atoms with Gasteiger partial charge in [0.25, 0.3) is 0 Å². The molecule has 0 radical (unpaired) electrons. The predicted molar refractivity (Wildman–Crippen MR) is 97.6 cm³/mol. The summed E-state index contributed by atoms with van der Waals surface area (Å²) in [7, 11) is 0. The van der Waals surface area contributed by atoms with Crippen LogP contribution in [0.1, 0.15) is 32.3 Å². The molecule has 3 nitrogen and oxygen atoms in total. The zero-order chi connectivity index (χ0) is 15.5. The van der Waals surface area contributed by atoms with Gasteiger partial charge in [-0.1, -0.05) is 22.0 Å². The van der Waals surface area contributed by atoms with Crippen molar-refractivity contribution in [2.45, 2.75) is 39.3 Å². The monoisotopic (exact) mass is 365 g/mol. The molecule has 2 fully saturated rings. The van der Waals surface area contributed by atoms with Gasteiger partial charge in [-0.2, -0.15) is 0 Å². The fourth-order valence-corrected chi connectivity index (χ4v) is 3.95. The number of piperazine rings is 1. The third kappa shape index (κ3) is 3.84. The maximum absolute atomic E-state index is 3.65. The van der Waals surface area contributed by atoms with Gasteiger partial charge in [-0.3, -0.25) is 9.80 Å². The second-order valence-corrected chi connectivity index (χ2v) is 7.79. The SMILES string of the molecule is CC(C)N1CCN(Cc2ccc(Br)cc2N2CCCC2)CC1. The zero-order valence-corrected chi connectivity index (χ0v) is 15.5. The minimum absolute atomic E-state index is 0.676. The Balaban J connectivity index is 1.67. The molecule has 0 aromatic heterocycles. The summed E-state index contributed by atoms with van der Waals surface area (Å²) in [5.41, 5.74) is 2.93. The van der Waals surface area contributed by atoms with Gasteiger partial charge in [0, 0.05) is 62.0 Å². The Bertz CT molecular complexity index is 489. The number of hydrogen-bond donors (Lipinski definition) is 0. The quantitative estimate of drug-likeness (QED) is 0.807. The first-order chi connectivity index (χ1) is 10.6. The van der Waals surface area contributed by atoms with Crippen LogP contribution in [-0.2, 0) is 6.54 Å².